The third-order valence-corrected chi connectivity index (χ3v) is 3.47. The van der Waals surface area contributed by atoms with Gasteiger partial charge in [0.15, 0.2) is 0 Å². The number of anilines is 1. The molecule has 0 aromatic carbocycles. The van der Waals surface area contributed by atoms with E-state index >= 15 is 0 Å². The lowest BCUT2D eigenvalue weighted by Gasteiger charge is -2.02. The lowest BCUT2D eigenvalue weighted by atomic mass is 10.3. The SMILES string of the molecule is O=C(Nc1cccc(C#CCCO)n1)c1ccc(Cl)s1. The molecular formula is C14H11ClN2O2S. The maximum Gasteiger partial charge on any atom is 0.266 e. The zero-order valence-electron chi connectivity index (χ0n) is 10.4. The Morgan fingerprint density at radius 2 is 2.25 bits per heavy atom. The van der Waals surface area contributed by atoms with Crippen LogP contribution in [0.15, 0.2) is 30.3 Å². The minimum atomic E-state index is -0.255. The van der Waals surface area contributed by atoms with Crippen molar-refractivity contribution in [1.29, 1.82) is 0 Å². The molecule has 0 saturated carbocycles. The van der Waals surface area contributed by atoms with Crippen LogP contribution in [0.4, 0.5) is 5.82 Å². The topological polar surface area (TPSA) is 62.2 Å². The van der Waals surface area contributed by atoms with Crippen molar-refractivity contribution in [2.45, 2.75) is 6.42 Å². The second-order valence-corrected chi connectivity index (χ2v) is 5.46. The smallest absolute Gasteiger partial charge is 0.266 e. The van der Waals surface area contributed by atoms with Crippen LogP contribution < -0.4 is 5.32 Å². The molecule has 0 aliphatic heterocycles. The summed E-state index contributed by atoms with van der Waals surface area (Å²) in [6, 6.07) is 8.51. The van der Waals surface area contributed by atoms with E-state index in [0.717, 1.165) is 0 Å². The summed E-state index contributed by atoms with van der Waals surface area (Å²) in [5.41, 5.74) is 0.542. The summed E-state index contributed by atoms with van der Waals surface area (Å²) in [5.74, 6) is 5.76. The Hall–Kier alpha value is -1.87. The average Bonchev–Trinajstić information content (AvgIpc) is 2.86. The number of nitrogens with zero attached hydrogens (tertiary/aromatic N) is 1. The summed E-state index contributed by atoms with van der Waals surface area (Å²) in [5, 5.41) is 11.3. The molecule has 0 spiro atoms. The van der Waals surface area contributed by atoms with Crippen LogP contribution in [0.1, 0.15) is 21.8 Å². The number of nitrogens with one attached hydrogen (secondary N) is 1. The Morgan fingerprint density at radius 1 is 1.40 bits per heavy atom. The van der Waals surface area contributed by atoms with Gasteiger partial charge in [0.2, 0.25) is 0 Å². The number of carbonyl (C=O) groups excluding carboxylic acids is 1. The number of hydrogen-bond acceptors (Lipinski definition) is 4. The number of carbonyl (C=O) groups is 1. The normalized spacial score (nSPS) is 9.70. The van der Waals surface area contributed by atoms with Gasteiger partial charge in [-0.15, -0.1) is 11.3 Å². The number of aliphatic hydroxyl groups excluding tert-OH is 1. The van der Waals surface area contributed by atoms with Crippen LogP contribution in [0.2, 0.25) is 4.34 Å². The van der Waals surface area contributed by atoms with E-state index in [0.29, 0.717) is 27.1 Å². The lowest BCUT2D eigenvalue weighted by Crippen LogP contribution is -2.11. The fourth-order valence-corrected chi connectivity index (χ4v) is 2.34. The van der Waals surface area contributed by atoms with Gasteiger partial charge >= 0.3 is 0 Å². The molecule has 0 aliphatic rings. The van der Waals surface area contributed by atoms with Crippen molar-refractivity contribution in [2.75, 3.05) is 11.9 Å². The van der Waals surface area contributed by atoms with Crippen molar-refractivity contribution >= 4 is 34.7 Å². The molecule has 0 atom stereocenters. The highest BCUT2D eigenvalue weighted by Gasteiger charge is 2.09. The number of hydrogen-bond donors (Lipinski definition) is 2. The van der Waals surface area contributed by atoms with Crippen LogP contribution in [0.3, 0.4) is 0 Å². The quantitative estimate of drug-likeness (QED) is 0.857. The van der Waals surface area contributed by atoms with Gasteiger partial charge in [-0.25, -0.2) is 4.98 Å². The summed E-state index contributed by atoms with van der Waals surface area (Å²) >= 11 is 6.99. The van der Waals surface area contributed by atoms with Gasteiger partial charge in [0.05, 0.1) is 15.8 Å². The van der Waals surface area contributed by atoms with Gasteiger partial charge in [0, 0.05) is 6.42 Å². The van der Waals surface area contributed by atoms with Crippen molar-refractivity contribution in [3.63, 3.8) is 0 Å². The molecule has 102 valence electrons. The van der Waals surface area contributed by atoms with Crippen molar-refractivity contribution in [3.05, 3.63) is 45.2 Å². The van der Waals surface area contributed by atoms with Crippen LogP contribution in [0, 0.1) is 11.8 Å². The van der Waals surface area contributed by atoms with Gasteiger partial charge in [-0.2, -0.15) is 0 Å². The Morgan fingerprint density at radius 3 is 2.95 bits per heavy atom. The van der Waals surface area contributed by atoms with Crippen LogP contribution in [0.5, 0.6) is 0 Å². The average molecular weight is 307 g/mol. The molecule has 1 amide bonds. The lowest BCUT2D eigenvalue weighted by molar-refractivity contribution is 0.103. The molecule has 2 aromatic rings. The number of rotatable bonds is 3. The highest BCUT2D eigenvalue weighted by atomic mass is 35.5. The predicted octanol–water partition coefficient (Wildman–Crippen LogP) is 2.78. The van der Waals surface area contributed by atoms with Gasteiger partial charge in [0.1, 0.15) is 11.5 Å². The molecule has 20 heavy (non-hydrogen) atoms. The molecule has 4 nitrogen and oxygen atoms in total. The Bertz CT molecular complexity index is 673. The Labute approximate surface area is 125 Å². The largest absolute Gasteiger partial charge is 0.395 e. The van der Waals surface area contributed by atoms with E-state index in [4.69, 9.17) is 16.7 Å². The zero-order chi connectivity index (χ0) is 14.4. The van der Waals surface area contributed by atoms with Gasteiger partial charge in [-0.3, -0.25) is 4.79 Å². The minimum Gasteiger partial charge on any atom is -0.395 e. The summed E-state index contributed by atoms with van der Waals surface area (Å²) in [4.78, 5) is 16.7. The Balaban J connectivity index is 2.08. The maximum absolute atomic E-state index is 11.9. The number of pyridine rings is 1. The second-order valence-electron chi connectivity index (χ2n) is 3.74. The summed E-state index contributed by atoms with van der Waals surface area (Å²) in [6.45, 7) is 0.0164. The third-order valence-electron chi connectivity index (χ3n) is 2.24. The fraction of sp³-hybridized carbons (Fsp3) is 0.143. The first-order valence-electron chi connectivity index (χ1n) is 5.82. The summed E-state index contributed by atoms with van der Waals surface area (Å²) < 4.78 is 0.562. The first kappa shape index (κ1) is 14.5. The molecule has 6 heteroatoms. The molecule has 0 unspecified atom stereocenters. The molecule has 0 aliphatic carbocycles. The van der Waals surface area contributed by atoms with E-state index in [1.165, 1.54) is 11.3 Å². The van der Waals surface area contributed by atoms with E-state index in [2.05, 4.69) is 22.1 Å². The standard InChI is InChI=1S/C14H11ClN2O2S/c15-12-8-7-11(20-12)14(19)17-13-6-3-5-10(16-13)4-1-2-9-18/h3,5-8,18H,2,9H2,(H,16,17,19). The van der Waals surface area contributed by atoms with Crippen LogP contribution in [-0.4, -0.2) is 22.6 Å². The summed E-state index contributed by atoms with van der Waals surface area (Å²) in [7, 11) is 0. The van der Waals surface area contributed by atoms with Crippen LogP contribution in [0.25, 0.3) is 0 Å². The predicted molar refractivity (Wildman–Crippen MR) is 80.1 cm³/mol. The molecule has 0 saturated heterocycles. The van der Waals surface area contributed by atoms with Crippen molar-refractivity contribution in [1.82, 2.24) is 4.98 Å². The second kappa shape index (κ2) is 7.06. The van der Waals surface area contributed by atoms with Gasteiger partial charge in [0.25, 0.3) is 5.91 Å². The first-order chi connectivity index (χ1) is 9.69. The molecule has 2 aromatic heterocycles. The van der Waals surface area contributed by atoms with Crippen LogP contribution in [-0.2, 0) is 0 Å². The van der Waals surface area contributed by atoms with Gasteiger partial charge < -0.3 is 10.4 Å². The monoisotopic (exact) mass is 306 g/mol. The van der Waals surface area contributed by atoms with E-state index < -0.39 is 0 Å². The number of halogens is 1. The first-order valence-corrected chi connectivity index (χ1v) is 7.02. The van der Waals surface area contributed by atoms with Crippen molar-refractivity contribution < 1.29 is 9.90 Å². The third kappa shape index (κ3) is 4.07. The molecule has 0 radical (unpaired) electrons. The van der Waals surface area contributed by atoms with E-state index in [-0.39, 0.29) is 12.5 Å². The molecule has 2 N–H and O–H groups in total. The number of aromatic nitrogens is 1. The number of thiophene rings is 1. The zero-order valence-corrected chi connectivity index (χ0v) is 12.0. The molecular weight excluding hydrogens is 296 g/mol. The Kier molecular flexibility index (Phi) is 5.13. The molecule has 2 rings (SSSR count). The summed E-state index contributed by atoms with van der Waals surface area (Å²) in [6.07, 6.45) is 0.395. The van der Waals surface area contributed by atoms with Crippen molar-refractivity contribution in [2.24, 2.45) is 0 Å². The van der Waals surface area contributed by atoms with Gasteiger partial charge in [-0.05, 0) is 30.2 Å². The van der Waals surface area contributed by atoms with E-state index in [9.17, 15) is 4.79 Å². The van der Waals surface area contributed by atoms with E-state index in [1.54, 1.807) is 30.3 Å². The number of amides is 1. The molecule has 0 fully saturated rings. The number of aliphatic hydroxyl groups is 1. The molecule has 0 bridgehead atoms. The highest BCUT2D eigenvalue weighted by molar-refractivity contribution is 7.18. The molecule has 2 heterocycles. The van der Waals surface area contributed by atoms with E-state index in [1.807, 2.05) is 0 Å². The van der Waals surface area contributed by atoms with Crippen LogP contribution >= 0.6 is 22.9 Å². The fourth-order valence-electron chi connectivity index (χ4n) is 1.40. The van der Waals surface area contributed by atoms with Gasteiger partial charge in [-0.1, -0.05) is 23.6 Å². The maximum atomic E-state index is 11.9. The highest BCUT2D eigenvalue weighted by Crippen LogP contribution is 2.22. The minimum absolute atomic E-state index is 0.0164. The van der Waals surface area contributed by atoms with Crippen molar-refractivity contribution in [3.8, 4) is 11.8 Å².